The van der Waals surface area contributed by atoms with Gasteiger partial charge in [-0.2, -0.15) is 0 Å². The maximum Gasteiger partial charge on any atom is 0.229 e. The maximum atomic E-state index is 13.1. The first-order valence-corrected chi connectivity index (χ1v) is 10.4. The van der Waals surface area contributed by atoms with E-state index in [1.807, 2.05) is 39.0 Å². The molecule has 5 heteroatoms. The first kappa shape index (κ1) is 21.3. The minimum absolute atomic E-state index is 0.0843. The van der Waals surface area contributed by atoms with Crippen LogP contribution in [0, 0.1) is 0 Å². The molecule has 0 saturated carbocycles. The van der Waals surface area contributed by atoms with Crippen molar-refractivity contribution in [3.05, 3.63) is 54.1 Å². The fourth-order valence-corrected chi connectivity index (χ4v) is 3.73. The maximum absolute atomic E-state index is 13.1. The highest BCUT2D eigenvalue weighted by atomic mass is 16.5. The Morgan fingerprint density at radius 2 is 1.76 bits per heavy atom. The van der Waals surface area contributed by atoms with Crippen molar-refractivity contribution in [2.75, 3.05) is 39.8 Å². The zero-order chi connectivity index (χ0) is 20.9. The van der Waals surface area contributed by atoms with Gasteiger partial charge in [-0.3, -0.25) is 9.69 Å². The van der Waals surface area contributed by atoms with Gasteiger partial charge in [0.15, 0.2) is 0 Å². The Bertz CT molecular complexity index is 806. The molecule has 2 aromatic rings. The standard InChI is InChI=1S/C24H33N3O2/c1-24(2,3)26-23(28)21(17-27-15-13-25-14-16-27)19-11-9-18(10-12-19)20-7-5-6-8-22(20)29-4/h5-12,21,25H,13-17H2,1-4H3,(H,26,28). The van der Waals surface area contributed by atoms with Crippen molar-refractivity contribution in [2.24, 2.45) is 0 Å². The second kappa shape index (κ2) is 9.42. The number of carbonyl (C=O) groups excluding carboxylic acids is 1. The third-order valence-corrected chi connectivity index (χ3v) is 5.20. The van der Waals surface area contributed by atoms with Gasteiger partial charge in [-0.1, -0.05) is 42.5 Å². The molecule has 1 heterocycles. The summed E-state index contributed by atoms with van der Waals surface area (Å²) in [6, 6.07) is 16.3. The molecule has 1 aliphatic heterocycles. The van der Waals surface area contributed by atoms with Gasteiger partial charge in [0.1, 0.15) is 5.75 Å². The zero-order valence-electron chi connectivity index (χ0n) is 18.0. The fourth-order valence-electron chi connectivity index (χ4n) is 3.73. The summed E-state index contributed by atoms with van der Waals surface area (Å²) in [7, 11) is 1.69. The van der Waals surface area contributed by atoms with Crippen LogP contribution in [0.15, 0.2) is 48.5 Å². The summed E-state index contributed by atoms with van der Waals surface area (Å²) >= 11 is 0. The minimum Gasteiger partial charge on any atom is -0.496 e. The van der Waals surface area contributed by atoms with Crippen LogP contribution in [0.5, 0.6) is 5.75 Å². The average Bonchev–Trinajstić information content (AvgIpc) is 2.71. The molecule has 1 atom stereocenters. The number of methoxy groups -OCH3 is 1. The van der Waals surface area contributed by atoms with Crippen LogP contribution in [0.4, 0.5) is 0 Å². The molecule has 0 aromatic heterocycles. The summed E-state index contributed by atoms with van der Waals surface area (Å²) in [5.74, 6) is 0.739. The van der Waals surface area contributed by atoms with Crippen LogP contribution >= 0.6 is 0 Å². The molecule has 1 unspecified atom stereocenters. The van der Waals surface area contributed by atoms with E-state index in [0.29, 0.717) is 0 Å². The lowest BCUT2D eigenvalue weighted by Crippen LogP contribution is -2.49. The van der Waals surface area contributed by atoms with Gasteiger partial charge < -0.3 is 15.4 Å². The third kappa shape index (κ3) is 5.81. The van der Waals surface area contributed by atoms with Gasteiger partial charge in [0.05, 0.1) is 13.0 Å². The number of amides is 1. The molecule has 0 radical (unpaired) electrons. The van der Waals surface area contributed by atoms with Gasteiger partial charge in [-0.15, -0.1) is 0 Å². The van der Waals surface area contributed by atoms with Gasteiger partial charge in [0, 0.05) is 43.8 Å². The SMILES string of the molecule is COc1ccccc1-c1ccc(C(CN2CCNCC2)C(=O)NC(C)(C)C)cc1. The van der Waals surface area contributed by atoms with Crippen LogP contribution < -0.4 is 15.4 Å². The molecule has 2 aromatic carbocycles. The Morgan fingerprint density at radius 1 is 1.10 bits per heavy atom. The van der Waals surface area contributed by atoms with Crippen molar-refractivity contribution in [2.45, 2.75) is 32.2 Å². The van der Waals surface area contributed by atoms with E-state index in [1.54, 1.807) is 7.11 Å². The van der Waals surface area contributed by atoms with Crippen LogP contribution in [0.2, 0.25) is 0 Å². The molecule has 1 saturated heterocycles. The topological polar surface area (TPSA) is 53.6 Å². The average molecular weight is 396 g/mol. The van der Waals surface area contributed by atoms with Crippen molar-refractivity contribution >= 4 is 5.91 Å². The van der Waals surface area contributed by atoms with E-state index in [-0.39, 0.29) is 17.4 Å². The van der Waals surface area contributed by atoms with Crippen LogP contribution in [-0.4, -0.2) is 56.2 Å². The first-order chi connectivity index (χ1) is 13.9. The van der Waals surface area contributed by atoms with Gasteiger partial charge in [0.25, 0.3) is 0 Å². The molecule has 5 nitrogen and oxygen atoms in total. The lowest BCUT2D eigenvalue weighted by atomic mass is 9.93. The number of hydrogen-bond donors (Lipinski definition) is 2. The third-order valence-electron chi connectivity index (χ3n) is 5.20. The van der Waals surface area contributed by atoms with Crippen LogP contribution in [0.3, 0.4) is 0 Å². The van der Waals surface area contributed by atoms with Crippen molar-refractivity contribution in [1.29, 1.82) is 0 Å². The lowest BCUT2D eigenvalue weighted by molar-refractivity contribution is -0.124. The van der Waals surface area contributed by atoms with Gasteiger partial charge in [-0.25, -0.2) is 0 Å². The minimum atomic E-state index is -0.254. The predicted octanol–water partition coefficient (Wildman–Crippen LogP) is 3.27. The molecular weight excluding hydrogens is 362 g/mol. The van der Waals surface area contributed by atoms with Crippen molar-refractivity contribution in [1.82, 2.24) is 15.5 Å². The second-order valence-electron chi connectivity index (χ2n) is 8.66. The van der Waals surface area contributed by atoms with Gasteiger partial charge >= 0.3 is 0 Å². The largest absolute Gasteiger partial charge is 0.496 e. The monoisotopic (exact) mass is 395 g/mol. The number of rotatable bonds is 6. The van der Waals surface area contributed by atoms with Crippen molar-refractivity contribution in [3.63, 3.8) is 0 Å². The normalized spacial score (nSPS) is 16.3. The Hall–Kier alpha value is -2.37. The van der Waals surface area contributed by atoms with E-state index in [1.165, 1.54) is 0 Å². The number of para-hydroxylation sites is 1. The van der Waals surface area contributed by atoms with Crippen LogP contribution in [0.1, 0.15) is 32.3 Å². The van der Waals surface area contributed by atoms with E-state index in [9.17, 15) is 4.79 Å². The number of piperazine rings is 1. The Labute approximate surface area is 174 Å². The lowest BCUT2D eigenvalue weighted by Gasteiger charge is -2.32. The molecule has 156 valence electrons. The number of hydrogen-bond acceptors (Lipinski definition) is 4. The molecule has 0 aliphatic carbocycles. The quantitative estimate of drug-likeness (QED) is 0.788. The molecule has 0 spiro atoms. The van der Waals surface area contributed by atoms with E-state index < -0.39 is 0 Å². The molecule has 1 fully saturated rings. The molecule has 1 amide bonds. The number of benzene rings is 2. The molecular formula is C24H33N3O2. The van der Waals surface area contributed by atoms with E-state index in [2.05, 4.69) is 45.9 Å². The highest BCUT2D eigenvalue weighted by Crippen LogP contribution is 2.31. The summed E-state index contributed by atoms with van der Waals surface area (Å²) in [4.78, 5) is 15.5. The van der Waals surface area contributed by atoms with Crippen molar-refractivity contribution < 1.29 is 9.53 Å². The van der Waals surface area contributed by atoms with Gasteiger partial charge in [0.2, 0.25) is 5.91 Å². The highest BCUT2D eigenvalue weighted by Gasteiger charge is 2.27. The summed E-state index contributed by atoms with van der Waals surface area (Å²) in [5, 5.41) is 6.55. The van der Waals surface area contributed by atoms with Crippen LogP contribution in [0.25, 0.3) is 11.1 Å². The summed E-state index contributed by atoms with van der Waals surface area (Å²) in [6.07, 6.45) is 0. The Kier molecular flexibility index (Phi) is 6.93. The summed E-state index contributed by atoms with van der Waals surface area (Å²) < 4.78 is 5.49. The smallest absolute Gasteiger partial charge is 0.229 e. The molecule has 0 bridgehead atoms. The van der Waals surface area contributed by atoms with E-state index in [0.717, 1.165) is 55.2 Å². The fraction of sp³-hybridized carbons (Fsp3) is 0.458. The van der Waals surface area contributed by atoms with Crippen LogP contribution in [-0.2, 0) is 4.79 Å². The number of nitrogens with one attached hydrogen (secondary N) is 2. The second-order valence-corrected chi connectivity index (χ2v) is 8.66. The molecule has 3 rings (SSSR count). The number of nitrogens with zero attached hydrogens (tertiary/aromatic N) is 1. The molecule has 1 aliphatic rings. The summed E-state index contributed by atoms with van der Waals surface area (Å²) in [6.45, 7) is 10.7. The molecule has 2 N–H and O–H groups in total. The van der Waals surface area contributed by atoms with E-state index in [4.69, 9.17) is 4.74 Å². The molecule has 29 heavy (non-hydrogen) atoms. The highest BCUT2D eigenvalue weighted by molar-refractivity contribution is 5.85. The predicted molar refractivity (Wildman–Crippen MR) is 118 cm³/mol. The Balaban J connectivity index is 1.85. The number of ether oxygens (including phenoxy) is 1. The zero-order valence-corrected chi connectivity index (χ0v) is 18.0. The van der Waals surface area contributed by atoms with E-state index >= 15 is 0 Å². The van der Waals surface area contributed by atoms with Gasteiger partial charge in [-0.05, 0) is 38.0 Å². The Morgan fingerprint density at radius 3 is 2.38 bits per heavy atom. The number of carbonyl (C=O) groups is 1. The van der Waals surface area contributed by atoms with Crippen molar-refractivity contribution in [3.8, 4) is 16.9 Å². The summed E-state index contributed by atoms with van der Waals surface area (Å²) in [5.41, 5.74) is 2.93. The first-order valence-electron chi connectivity index (χ1n) is 10.4.